The van der Waals surface area contributed by atoms with E-state index < -0.39 is 0 Å². The van der Waals surface area contributed by atoms with Gasteiger partial charge < -0.3 is 10.1 Å². The minimum Gasteiger partial charge on any atom is -0.369 e. The van der Waals surface area contributed by atoms with Crippen molar-refractivity contribution in [2.24, 2.45) is 0 Å². The molecule has 0 bridgehead atoms. The summed E-state index contributed by atoms with van der Waals surface area (Å²) >= 11 is 0. The number of hydrogen-bond acceptors (Lipinski definition) is 2. The van der Waals surface area contributed by atoms with Gasteiger partial charge in [0.25, 0.3) is 0 Å². The van der Waals surface area contributed by atoms with E-state index in [0.29, 0.717) is 6.10 Å². The second kappa shape index (κ2) is 2.99. The van der Waals surface area contributed by atoms with Crippen molar-refractivity contribution < 1.29 is 4.74 Å². The molecule has 1 N–H and O–H groups in total. The summed E-state index contributed by atoms with van der Waals surface area (Å²) in [5.74, 6) is 0. The zero-order valence-corrected chi connectivity index (χ0v) is 5.76. The second-order valence-corrected chi connectivity index (χ2v) is 2.38. The van der Waals surface area contributed by atoms with Crippen molar-refractivity contribution in [2.45, 2.75) is 19.1 Å². The van der Waals surface area contributed by atoms with Crippen molar-refractivity contribution in [1.29, 1.82) is 0 Å². The molecular weight excluding hydrogens is 114 g/mol. The summed E-state index contributed by atoms with van der Waals surface area (Å²) in [4.78, 5) is 0. The molecular formula is C7H13NO. The Bertz CT molecular complexity index is 103. The van der Waals surface area contributed by atoms with Gasteiger partial charge in [-0.1, -0.05) is 6.08 Å². The molecule has 2 nitrogen and oxygen atoms in total. The molecule has 1 saturated heterocycles. The Labute approximate surface area is 55.9 Å². The minimum atomic E-state index is 0.216. The molecule has 0 aliphatic carbocycles. The molecule has 2 atom stereocenters. The molecule has 1 rings (SSSR count). The maximum Gasteiger partial charge on any atom is 0.0881 e. The normalized spacial score (nSPS) is 36.1. The van der Waals surface area contributed by atoms with Crippen LogP contribution in [0.2, 0.25) is 0 Å². The maximum atomic E-state index is 5.45. The van der Waals surface area contributed by atoms with Crippen molar-refractivity contribution in [2.75, 3.05) is 13.1 Å². The van der Waals surface area contributed by atoms with Crippen molar-refractivity contribution in [3.63, 3.8) is 0 Å². The summed E-state index contributed by atoms with van der Waals surface area (Å²) in [5, 5.41) is 3.24. The Balaban J connectivity index is 2.31. The van der Waals surface area contributed by atoms with E-state index >= 15 is 0 Å². The lowest BCUT2D eigenvalue weighted by atomic mass is 10.2. The molecule has 0 aromatic carbocycles. The highest BCUT2D eigenvalue weighted by molar-refractivity contribution is 4.85. The first-order chi connectivity index (χ1) is 4.33. The summed E-state index contributed by atoms with van der Waals surface area (Å²) < 4.78 is 5.45. The first kappa shape index (κ1) is 6.78. The van der Waals surface area contributed by atoms with Crippen LogP contribution in [0, 0.1) is 0 Å². The van der Waals surface area contributed by atoms with Gasteiger partial charge in [-0.2, -0.15) is 0 Å². The lowest BCUT2D eigenvalue weighted by Crippen LogP contribution is -2.42. The summed E-state index contributed by atoms with van der Waals surface area (Å²) in [6.07, 6.45) is 2.39. The summed E-state index contributed by atoms with van der Waals surface area (Å²) in [7, 11) is 0. The number of nitrogens with one attached hydrogen (secondary N) is 1. The van der Waals surface area contributed by atoms with Crippen LogP contribution >= 0.6 is 0 Å². The monoisotopic (exact) mass is 127 g/mol. The third kappa shape index (κ3) is 1.80. The Hall–Kier alpha value is -0.340. The van der Waals surface area contributed by atoms with E-state index in [0.717, 1.165) is 13.1 Å². The average Bonchev–Trinajstić information content (AvgIpc) is 1.88. The van der Waals surface area contributed by atoms with E-state index in [-0.39, 0.29) is 6.10 Å². The van der Waals surface area contributed by atoms with Crippen LogP contribution in [0.25, 0.3) is 0 Å². The van der Waals surface area contributed by atoms with Crippen LogP contribution in [-0.2, 0) is 4.74 Å². The van der Waals surface area contributed by atoms with Crippen LogP contribution in [0.3, 0.4) is 0 Å². The zero-order chi connectivity index (χ0) is 6.69. The molecule has 2 heteroatoms. The van der Waals surface area contributed by atoms with E-state index in [2.05, 4.69) is 18.8 Å². The summed E-state index contributed by atoms with van der Waals surface area (Å²) in [6.45, 7) is 7.59. The van der Waals surface area contributed by atoms with Gasteiger partial charge in [0.1, 0.15) is 0 Å². The van der Waals surface area contributed by atoms with Gasteiger partial charge in [-0.25, -0.2) is 0 Å². The van der Waals surface area contributed by atoms with Gasteiger partial charge in [0.2, 0.25) is 0 Å². The molecule has 52 valence electrons. The molecule has 0 aromatic rings. The molecule has 0 amide bonds. The maximum absolute atomic E-state index is 5.45. The topological polar surface area (TPSA) is 21.3 Å². The molecule has 0 saturated carbocycles. The molecule has 1 fully saturated rings. The highest BCUT2D eigenvalue weighted by Crippen LogP contribution is 2.02. The molecule has 1 aliphatic heterocycles. The van der Waals surface area contributed by atoms with Gasteiger partial charge in [-0.3, -0.25) is 0 Å². The fourth-order valence-electron chi connectivity index (χ4n) is 0.962. The number of rotatable bonds is 1. The lowest BCUT2D eigenvalue weighted by Gasteiger charge is -2.26. The Kier molecular flexibility index (Phi) is 2.25. The van der Waals surface area contributed by atoms with E-state index in [1.165, 1.54) is 0 Å². The minimum absolute atomic E-state index is 0.216. The predicted octanol–water partition coefficient (Wildman–Crippen LogP) is 0.549. The molecule has 1 aliphatic rings. The van der Waals surface area contributed by atoms with E-state index in [1.54, 1.807) is 0 Å². The van der Waals surface area contributed by atoms with Crippen molar-refractivity contribution in [3.8, 4) is 0 Å². The third-order valence-corrected chi connectivity index (χ3v) is 1.45. The molecule has 1 heterocycles. The fraction of sp³-hybridized carbons (Fsp3) is 0.714. The third-order valence-electron chi connectivity index (χ3n) is 1.45. The highest BCUT2D eigenvalue weighted by atomic mass is 16.5. The van der Waals surface area contributed by atoms with Crippen LogP contribution in [-0.4, -0.2) is 25.3 Å². The molecule has 0 unspecified atom stereocenters. The van der Waals surface area contributed by atoms with Gasteiger partial charge in [0.15, 0.2) is 0 Å². The van der Waals surface area contributed by atoms with Gasteiger partial charge in [-0.15, -0.1) is 6.58 Å². The quantitative estimate of drug-likeness (QED) is 0.519. The van der Waals surface area contributed by atoms with Crippen molar-refractivity contribution in [3.05, 3.63) is 12.7 Å². The SMILES string of the molecule is C=C[C@H]1CNC[C@H](C)O1. The molecule has 9 heavy (non-hydrogen) atoms. The molecule has 0 radical (unpaired) electrons. The first-order valence-corrected chi connectivity index (χ1v) is 3.31. The summed E-state index contributed by atoms with van der Waals surface area (Å²) in [5.41, 5.74) is 0. The van der Waals surface area contributed by atoms with E-state index in [4.69, 9.17) is 4.74 Å². The molecule has 0 spiro atoms. The van der Waals surface area contributed by atoms with E-state index in [1.807, 2.05) is 6.08 Å². The van der Waals surface area contributed by atoms with Crippen LogP contribution < -0.4 is 5.32 Å². The van der Waals surface area contributed by atoms with Gasteiger partial charge >= 0.3 is 0 Å². The van der Waals surface area contributed by atoms with Gasteiger partial charge in [0, 0.05) is 13.1 Å². The van der Waals surface area contributed by atoms with Crippen LogP contribution in [0.15, 0.2) is 12.7 Å². The number of hydrogen-bond donors (Lipinski definition) is 1. The van der Waals surface area contributed by atoms with E-state index in [9.17, 15) is 0 Å². The van der Waals surface area contributed by atoms with Crippen molar-refractivity contribution in [1.82, 2.24) is 5.32 Å². The van der Waals surface area contributed by atoms with Crippen molar-refractivity contribution >= 4 is 0 Å². The number of morpholine rings is 1. The lowest BCUT2D eigenvalue weighted by molar-refractivity contribution is -0.00124. The van der Waals surface area contributed by atoms with Crippen LogP contribution in [0.1, 0.15) is 6.92 Å². The van der Waals surface area contributed by atoms with Gasteiger partial charge in [0.05, 0.1) is 12.2 Å². The fourth-order valence-corrected chi connectivity index (χ4v) is 0.962. The van der Waals surface area contributed by atoms with Crippen LogP contribution in [0.4, 0.5) is 0 Å². The standard InChI is InChI=1S/C7H13NO/c1-3-7-5-8-4-6(2)9-7/h3,6-8H,1,4-5H2,2H3/t6-,7-/m0/s1. The zero-order valence-electron chi connectivity index (χ0n) is 5.76. The predicted molar refractivity (Wildman–Crippen MR) is 37.4 cm³/mol. The largest absolute Gasteiger partial charge is 0.369 e. The smallest absolute Gasteiger partial charge is 0.0881 e. The Morgan fingerprint density at radius 1 is 1.67 bits per heavy atom. The highest BCUT2D eigenvalue weighted by Gasteiger charge is 2.14. The average molecular weight is 127 g/mol. The summed E-state index contributed by atoms with van der Waals surface area (Å²) in [6, 6.07) is 0. The second-order valence-electron chi connectivity index (χ2n) is 2.38. The van der Waals surface area contributed by atoms with Crippen LogP contribution in [0.5, 0.6) is 0 Å². The first-order valence-electron chi connectivity index (χ1n) is 3.31. The number of ether oxygens (including phenoxy) is 1. The Morgan fingerprint density at radius 3 is 2.89 bits per heavy atom. The molecule has 0 aromatic heterocycles. The Morgan fingerprint density at radius 2 is 2.44 bits per heavy atom. The van der Waals surface area contributed by atoms with Gasteiger partial charge in [-0.05, 0) is 6.92 Å².